The van der Waals surface area contributed by atoms with Crippen molar-refractivity contribution >= 4 is 0 Å². The summed E-state index contributed by atoms with van der Waals surface area (Å²) in [5.74, 6) is 0. The Balaban J connectivity index is 3.47. The van der Waals surface area contributed by atoms with E-state index < -0.39 is 0 Å². The zero-order chi connectivity index (χ0) is 12.3. The summed E-state index contributed by atoms with van der Waals surface area (Å²) in [4.78, 5) is 0. The summed E-state index contributed by atoms with van der Waals surface area (Å²) in [5.41, 5.74) is 2.19. The van der Waals surface area contributed by atoms with Crippen molar-refractivity contribution in [1.82, 2.24) is 0 Å². The Kier molecular flexibility index (Phi) is 3.17. The van der Waals surface area contributed by atoms with Gasteiger partial charge < -0.3 is 0 Å². The molecule has 3 nitrogen and oxygen atoms in total. The van der Waals surface area contributed by atoms with Crippen LogP contribution in [0, 0.1) is 39.4 Å². The lowest BCUT2D eigenvalue weighted by Gasteiger charge is -2.31. The molecule has 0 aromatic heterocycles. The molecule has 0 fully saturated rings. The van der Waals surface area contributed by atoms with E-state index in [0.717, 1.165) is 12.0 Å². The van der Waals surface area contributed by atoms with Crippen LogP contribution in [0.15, 0.2) is 22.3 Å². The van der Waals surface area contributed by atoms with E-state index in [1.54, 1.807) is 0 Å². The van der Waals surface area contributed by atoms with Gasteiger partial charge in [0.25, 0.3) is 0 Å². The Hall–Kier alpha value is -2.05. The van der Waals surface area contributed by atoms with Crippen LogP contribution in [0.2, 0.25) is 0 Å². The first-order valence-electron chi connectivity index (χ1n) is 5.09. The molecule has 0 radical (unpaired) electrons. The molecule has 0 heterocycles. The van der Waals surface area contributed by atoms with Gasteiger partial charge in [-0.15, -0.1) is 0 Å². The summed E-state index contributed by atoms with van der Waals surface area (Å²) in [7, 11) is 0. The number of hydrogen-bond acceptors (Lipinski definition) is 3. The lowest BCUT2D eigenvalue weighted by atomic mass is 9.71. The lowest BCUT2D eigenvalue weighted by molar-refractivity contribution is 0.348. The van der Waals surface area contributed by atoms with E-state index in [9.17, 15) is 0 Å². The van der Waals surface area contributed by atoms with Gasteiger partial charge in [-0.2, -0.15) is 15.8 Å². The minimum absolute atomic E-state index is 0.0126. The number of hydrogen-bond donors (Lipinski definition) is 0. The predicted molar refractivity (Wildman–Crippen MR) is 59.6 cm³/mol. The van der Waals surface area contributed by atoms with Crippen molar-refractivity contribution < 1.29 is 0 Å². The molecule has 80 valence electrons. The van der Waals surface area contributed by atoms with Crippen LogP contribution >= 0.6 is 0 Å². The zero-order valence-corrected chi connectivity index (χ0v) is 9.76. The highest BCUT2D eigenvalue weighted by atomic mass is 14.4. The molecular weight excluding hydrogens is 198 g/mol. The fourth-order valence-electron chi connectivity index (χ4n) is 2.23. The second kappa shape index (κ2) is 4.21. The second-order valence-electron chi connectivity index (χ2n) is 4.86. The molecule has 0 aromatic carbocycles. The minimum Gasteiger partial charge on any atom is -0.192 e. The Labute approximate surface area is 95.9 Å². The van der Waals surface area contributed by atoms with Crippen molar-refractivity contribution in [3.8, 4) is 18.2 Å². The Morgan fingerprint density at radius 3 is 2.12 bits per heavy atom. The average molecular weight is 211 g/mol. The third-order valence-corrected chi connectivity index (χ3v) is 2.76. The smallest absolute Gasteiger partial charge is 0.134 e. The normalized spacial score (nSPS) is 18.4. The molecular formula is C13H13N3. The van der Waals surface area contributed by atoms with E-state index in [2.05, 4.69) is 19.9 Å². The summed E-state index contributed by atoms with van der Waals surface area (Å²) in [6.07, 6.45) is 1.45. The molecule has 0 atom stereocenters. The van der Waals surface area contributed by atoms with Crippen molar-refractivity contribution in [2.45, 2.75) is 33.6 Å². The third kappa shape index (κ3) is 2.13. The van der Waals surface area contributed by atoms with Gasteiger partial charge in [0.1, 0.15) is 17.7 Å². The van der Waals surface area contributed by atoms with Crippen molar-refractivity contribution in [2.24, 2.45) is 5.41 Å². The molecule has 0 spiro atoms. The van der Waals surface area contributed by atoms with Gasteiger partial charge in [0, 0.05) is 0 Å². The minimum atomic E-state index is 0.0126. The van der Waals surface area contributed by atoms with Crippen LogP contribution in [0.4, 0.5) is 0 Å². The monoisotopic (exact) mass is 211 g/mol. The first-order valence-corrected chi connectivity index (χ1v) is 5.09. The van der Waals surface area contributed by atoms with Gasteiger partial charge >= 0.3 is 0 Å². The highest BCUT2D eigenvalue weighted by Crippen LogP contribution is 2.42. The molecule has 1 rings (SSSR count). The predicted octanol–water partition coefficient (Wildman–Crippen LogP) is 2.99. The maximum atomic E-state index is 9.08. The molecule has 0 saturated carbocycles. The Bertz CT molecular complexity index is 483. The molecule has 0 unspecified atom stereocenters. The van der Waals surface area contributed by atoms with Gasteiger partial charge in [0.2, 0.25) is 0 Å². The summed E-state index contributed by atoms with van der Waals surface area (Å²) < 4.78 is 0. The molecule has 0 aliphatic heterocycles. The van der Waals surface area contributed by atoms with E-state index in [4.69, 9.17) is 15.8 Å². The van der Waals surface area contributed by atoms with E-state index in [1.165, 1.54) is 0 Å². The van der Waals surface area contributed by atoms with E-state index in [0.29, 0.717) is 17.6 Å². The highest BCUT2D eigenvalue weighted by molar-refractivity contribution is 5.57. The first kappa shape index (κ1) is 12.0. The van der Waals surface area contributed by atoms with Gasteiger partial charge in [-0.1, -0.05) is 19.4 Å². The SMILES string of the molecule is CC1=C(C#N)C(=C(C#N)C#N)CC(C)(C)C1. The number of allylic oxidation sites excluding steroid dienone is 4. The lowest BCUT2D eigenvalue weighted by Crippen LogP contribution is -2.20. The van der Waals surface area contributed by atoms with Gasteiger partial charge in [0.15, 0.2) is 0 Å². The molecule has 0 N–H and O–H groups in total. The first-order chi connectivity index (χ1) is 7.45. The van der Waals surface area contributed by atoms with Gasteiger partial charge in [-0.05, 0) is 30.8 Å². The van der Waals surface area contributed by atoms with Crippen LogP contribution in [-0.2, 0) is 0 Å². The van der Waals surface area contributed by atoms with Crippen LogP contribution in [0.1, 0.15) is 33.6 Å². The van der Waals surface area contributed by atoms with Crippen molar-refractivity contribution in [3.63, 3.8) is 0 Å². The molecule has 0 saturated heterocycles. The summed E-state index contributed by atoms with van der Waals surface area (Å²) >= 11 is 0. The fourth-order valence-corrected chi connectivity index (χ4v) is 2.23. The van der Waals surface area contributed by atoms with Gasteiger partial charge in [-0.3, -0.25) is 0 Å². The van der Waals surface area contributed by atoms with Crippen molar-refractivity contribution in [1.29, 1.82) is 15.8 Å². The number of nitriles is 3. The standard InChI is InChI=1S/C13H13N3/c1-9-4-13(2,3)5-11(12(9)8-16)10(6-14)7-15/h4-5H2,1-3H3. The average Bonchev–Trinajstić information content (AvgIpc) is 2.17. The second-order valence-corrected chi connectivity index (χ2v) is 4.86. The van der Waals surface area contributed by atoms with Crippen LogP contribution in [0.3, 0.4) is 0 Å². The van der Waals surface area contributed by atoms with Gasteiger partial charge in [-0.25, -0.2) is 0 Å². The van der Waals surface area contributed by atoms with Crippen molar-refractivity contribution in [3.05, 3.63) is 22.3 Å². The molecule has 0 amide bonds. The number of rotatable bonds is 0. The summed E-state index contributed by atoms with van der Waals surface area (Å²) in [6.45, 7) is 6.06. The maximum absolute atomic E-state index is 9.08. The topological polar surface area (TPSA) is 71.4 Å². The summed E-state index contributed by atoms with van der Waals surface area (Å²) in [5, 5.41) is 26.9. The van der Waals surface area contributed by atoms with Gasteiger partial charge in [0.05, 0.1) is 11.6 Å². The molecule has 3 heteroatoms. The molecule has 0 aromatic rings. The third-order valence-electron chi connectivity index (χ3n) is 2.76. The van der Waals surface area contributed by atoms with E-state index >= 15 is 0 Å². The van der Waals surface area contributed by atoms with E-state index in [1.807, 2.05) is 19.1 Å². The van der Waals surface area contributed by atoms with Crippen LogP contribution in [0.25, 0.3) is 0 Å². The van der Waals surface area contributed by atoms with Crippen LogP contribution in [-0.4, -0.2) is 0 Å². The fraction of sp³-hybridized carbons (Fsp3) is 0.462. The van der Waals surface area contributed by atoms with E-state index in [-0.39, 0.29) is 11.0 Å². The largest absolute Gasteiger partial charge is 0.192 e. The quantitative estimate of drug-likeness (QED) is 0.578. The van der Waals surface area contributed by atoms with Crippen molar-refractivity contribution in [2.75, 3.05) is 0 Å². The molecule has 16 heavy (non-hydrogen) atoms. The highest BCUT2D eigenvalue weighted by Gasteiger charge is 2.30. The zero-order valence-electron chi connectivity index (χ0n) is 9.76. The molecule has 1 aliphatic rings. The molecule has 0 bridgehead atoms. The summed E-state index contributed by atoms with van der Waals surface area (Å²) in [6, 6.07) is 5.86. The maximum Gasteiger partial charge on any atom is 0.134 e. The van der Waals surface area contributed by atoms with Crippen LogP contribution in [0.5, 0.6) is 0 Å². The molecule has 1 aliphatic carbocycles. The number of nitrogens with zero attached hydrogens (tertiary/aromatic N) is 3. The Morgan fingerprint density at radius 2 is 1.69 bits per heavy atom. The Morgan fingerprint density at radius 1 is 1.12 bits per heavy atom. The van der Waals surface area contributed by atoms with Crippen LogP contribution < -0.4 is 0 Å².